The Labute approximate surface area is 197 Å². The SMILES string of the molecule is CC(C)(C)CC(C)(C)c1cc(N=Nc2cnccc2N)c(O)c(C(C)(C)c2ccccc2)c1. The van der Waals surface area contributed by atoms with Crippen LogP contribution in [0.4, 0.5) is 17.1 Å². The number of hydrogen-bond donors (Lipinski definition) is 2. The molecule has 0 bridgehead atoms. The van der Waals surface area contributed by atoms with Crippen LogP contribution in [0, 0.1) is 5.41 Å². The van der Waals surface area contributed by atoms with E-state index in [1.54, 1.807) is 18.5 Å². The second-order valence-corrected chi connectivity index (χ2v) is 11.1. The summed E-state index contributed by atoms with van der Waals surface area (Å²) in [7, 11) is 0. The summed E-state index contributed by atoms with van der Waals surface area (Å²) >= 11 is 0. The third-order valence-electron chi connectivity index (χ3n) is 6.11. The number of anilines is 1. The van der Waals surface area contributed by atoms with E-state index in [4.69, 9.17) is 5.73 Å². The first kappa shape index (κ1) is 24.4. The van der Waals surface area contributed by atoms with Gasteiger partial charge in [0.1, 0.15) is 17.1 Å². The predicted octanol–water partition coefficient (Wildman–Crippen LogP) is 7.82. The number of phenols is 1. The Bertz CT molecular complexity index is 1140. The van der Waals surface area contributed by atoms with E-state index in [1.165, 1.54) is 0 Å². The summed E-state index contributed by atoms with van der Waals surface area (Å²) in [5.41, 5.74) is 10.0. The summed E-state index contributed by atoms with van der Waals surface area (Å²) in [4.78, 5) is 4.08. The summed E-state index contributed by atoms with van der Waals surface area (Å²) < 4.78 is 0. The fourth-order valence-corrected chi connectivity index (χ4v) is 4.59. The molecule has 0 saturated heterocycles. The van der Waals surface area contributed by atoms with Gasteiger partial charge in [0.05, 0.1) is 11.9 Å². The molecule has 3 rings (SSSR count). The van der Waals surface area contributed by atoms with Gasteiger partial charge in [-0.2, -0.15) is 0 Å². The summed E-state index contributed by atoms with van der Waals surface area (Å²) in [6, 6.07) is 16.0. The fourth-order valence-electron chi connectivity index (χ4n) is 4.59. The van der Waals surface area contributed by atoms with Crippen LogP contribution >= 0.6 is 0 Å². The van der Waals surface area contributed by atoms with Crippen LogP contribution in [0.25, 0.3) is 0 Å². The van der Waals surface area contributed by atoms with Crippen molar-refractivity contribution in [2.24, 2.45) is 15.6 Å². The smallest absolute Gasteiger partial charge is 0.147 e. The lowest BCUT2D eigenvalue weighted by Gasteiger charge is -2.35. The average molecular weight is 445 g/mol. The van der Waals surface area contributed by atoms with Crippen molar-refractivity contribution in [1.29, 1.82) is 0 Å². The highest BCUT2D eigenvalue weighted by atomic mass is 16.3. The zero-order chi connectivity index (χ0) is 24.4. The zero-order valence-electron chi connectivity index (χ0n) is 20.8. The predicted molar refractivity (Wildman–Crippen MR) is 137 cm³/mol. The van der Waals surface area contributed by atoms with Gasteiger partial charge in [0.25, 0.3) is 0 Å². The van der Waals surface area contributed by atoms with Gasteiger partial charge in [-0.25, -0.2) is 0 Å². The average Bonchev–Trinajstić information content (AvgIpc) is 2.72. The van der Waals surface area contributed by atoms with E-state index in [0.29, 0.717) is 17.1 Å². The number of benzene rings is 2. The third kappa shape index (κ3) is 5.59. The van der Waals surface area contributed by atoms with Crippen LogP contribution in [0.15, 0.2) is 71.2 Å². The van der Waals surface area contributed by atoms with Gasteiger partial charge in [0, 0.05) is 17.2 Å². The topological polar surface area (TPSA) is 83.9 Å². The molecular formula is C28H36N4O. The quantitative estimate of drug-likeness (QED) is 0.380. The fraction of sp³-hybridized carbons (Fsp3) is 0.393. The first-order chi connectivity index (χ1) is 15.3. The van der Waals surface area contributed by atoms with E-state index in [0.717, 1.165) is 23.1 Å². The van der Waals surface area contributed by atoms with Crippen LogP contribution in [0.3, 0.4) is 0 Å². The minimum absolute atomic E-state index is 0.130. The van der Waals surface area contributed by atoms with Gasteiger partial charge < -0.3 is 10.8 Å². The number of pyridine rings is 1. The van der Waals surface area contributed by atoms with Gasteiger partial charge in [0.2, 0.25) is 0 Å². The number of aromatic hydroxyl groups is 1. The molecule has 0 aliphatic carbocycles. The van der Waals surface area contributed by atoms with Gasteiger partial charge in [-0.15, -0.1) is 10.2 Å². The van der Waals surface area contributed by atoms with Gasteiger partial charge >= 0.3 is 0 Å². The van der Waals surface area contributed by atoms with Crippen LogP contribution in [0.2, 0.25) is 0 Å². The molecule has 3 N–H and O–H groups in total. The van der Waals surface area contributed by atoms with Crippen molar-refractivity contribution < 1.29 is 5.11 Å². The largest absolute Gasteiger partial charge is 0.505 e. The molecule has 0 fully saturated rings. The second kappa shape index (κ2) is 8.97. The molecular weight excluding hydrogens is 408 g/mol. The Morgan fingerprint density at radius 2 is 1.48 bits per heavy atom. The molecule has 174 valence electrons. The number of rotatable bonds is 6. The van der Waals surface area contributed by atoms with Crippen LogP contribution in [-0.4, -0.2) is 10.1 Å². The van der Waals surface area contributed by atoms with Crippen molar-refractivity contribution in [2.45, 2.75) is 65.7 Å². The van der Waals surface area contributed by atoms with E-state index >= 15 is 0 Å². The zero-order valence-corrected chi connectivity index (χ0v) is 20.8. The minimum atomic E-state index is -0.434. The number of nitrogens with two attached hydrogens (primary N) is 1. The van der Waals surface area contributed by atoms with Crippen molar-refractivity contribution in [3.05, 3.63) is 77.6 Å². The molecule has 0 aliphatic rings. The van der Waals surface area contributed by atoms with Crippen LogP contribution in [0.1, 0.15) is 71.6 Å². The van der Waals surface area contributed by atoms with Crippen molar-refractivity contribution in [2.75, 3.05) is 5.73 Å². The van der Waals surface area contributed by atoms with Crippen molar-refractivity contribution in [3.8, 4) is 5.75 Å². The summed E-state index contributed by atoms with van der Waals surface area (Å²) in [5, 5.41) is 20.1. The van der Waals surface area contributed by atoms with Crippen LogP contribution in [-0.2, 0) is 10.8 Å². The lowest BCUT2D eigenvalue weighted by Crippen LogP contribution is -2.26. The van der Waals surface area contributed by atoms with E-state index in [9.17, 15) is 5.11 Å². The van der Waals surface area contributed by atoms with Crippen molar-refractivity contribution in [3.63, 3.8) is 0 Å². The second-order valence-electron chi connectivity index (χ2n) is 11.1. The number of nitrogens with zero attached hydrogens (tertiary/aromatic N) is 3. The van der Waals surface area contributed by atoms with Crippen molar-refractivity contribution in [1.82, 2.24) is 4.98 Å². The molecule has 0 spiro atoms. The highest BCUT2D eigenvalue weighted by molar-refractivity contribution is 5.64. The number of nitrogen functional groups attached to an aromatic ring is 1. The maximum Gasteiger partial charge on any atom is 0.147 e. The Morgan fingerprint density at radius 1 is 0.848 bits per heavy atom. The van der Waals surface area contributed by atoms with Gasteiger partial charge in [-0.05, 0) is 40.5 Å². The Kier molecular flexibility index (Phi) is 6.64. The van der Waals surface area contributed by atoms with Crippen LogP contribution < -0.4 is 5.73 Å². The summed E-state index contributed by atoms with van der Waals surface area (Å²) in [6.45, 7) is 15.5. The van der Waals surface area contributed by atoms with E-state index in [2.05, 4.69) is 81.9 Å². The maximum absolute atomic E-state index is 11.4. The Balaban J connectivity index is 2.20. The van der Waals surface area contributed by atoms with Gasteiger partial charge in [-0.1, -0.05) is 84.9 Å². The molecule has 1 aromatic heterocycles. The third-order valence-corrected chi connectivity index (χ3v) is 6.11. The van der Waals surface area contributed by atoms with E-state index < -0.39 is 5.41 Å². The Morgan fingerprint density at radius 3 is 2.09 bits per heavy atom. The first-order valence-electron chi connectivity index (χ1n) is 11.4. The first-order valence-corrected chi connectivity index (χ1v) is 11.4. The molecule has 5 heteroatoms. The molecule has 0 radical (unpaired) electrons. The lowest BCUT2D eigenvalue weighted by molar-refractivity contribution is 0.283. The monoisotopic (exact) mass is 444 g/mol. The number of aromatic nitrogens is 1. The maximum atomic E-state index is 11.4. The van der Waals surface area contributed by atoms with Crippen molar-refractivity contribution >= 4 is 17.1 Å². The molecule has 2 aromatic carbocycles. The lowest BCUT2D eigenvalue weighted by atomic mass is 9.70. The molecule has 0 saturated carbocycles. The normalized spacial score (nSPS) is 12.9. The van der Waals surface area contributed by atoms with Crippen LogP contribution in [0.5, 0.6) is 5.75 Å². The number of hydrogen-bond acceptors (Lipinski definition) is 5. The molecule has 0 amide bonds. The summed E-state index contributed by atoms with van der Waals surface area (Å²) in [6.07, 6.45) is 4.15. The van der Waals surface area contributed by atoms with Gasteiger partial charge in [-0.3, -0.25) is 4.98 Å². The van der Waals surface area contributed by atoms with E-state index in [1.807, 2.05) is 24.3 Å². The Hall–Kier alpha value is -3.21. The number of azo groups is 1. The minimum Gasteiger partial charge on any atom is -0.505 e. The molecule has 0 aliphatic heterocycles. The highest BCUT2D eigenvalue weighted by Crippen LogP contribution is 2.46. The number of phenolic OH excluding ortho intramolecular Hbond substituents is 1. The standard InChI is InChI=1S/C28H36N4O/c1-26(2,3)18-27(4,5)20-15-21(28(6,7)19-11-9-8-10-12-19)25(33)23(16-20)31-32-24-17-30-14-13-22(24)29/h8-17,33H,18H2,1-7H3,(H2,29,30). The van der Waals surface area contributed by atoms with E-state index in [-0.39, 0.29) is 16.6 Å². The molecule has 1 heterocycles. The summed E-state index contributed by atoms with van der Waals surface area (Å²) in [5.74, 6) is 0.130. The molecule has 5 nitrogen and oxygen atoms in total. The molecule has 0 unspecified atom stereocenters. The molecule has 33 heavy (non-hydrogen) atoms. The molecule has 0 atom stereocenters. The highest BCUT2D eigenvalue weighted by Gasteiger charge is 2.33. The van der Waals surface area contributed by atoms with Gasteiger partial charge in [0.15, 0.2) is 0 Å². The molecule has 3 aromatic rings.